The van der Waals surface area contributed by atoms with E-state index in [1.54, 1.807) is 0 Å². The molecule has 3 aromatic heterocycles. The fourth-order valence-corrected chi connectivity index (χ4v) is 7.47. The molecule has 50 heavy (non-hydrogen) atoms. The minimum absolute atomic E-state index is 0.659. The van der Waals surface area contributed by atoms with Crippen LogP contribution in [0.5, 0.6) is 0 Å². The fourth-order valence-electron chi connectivity index (χ4n) is 7.47. The number of allylic oxidation sites excluding steroid dienone is 4. The number of nitrogens with zero attached hydrogens (tertiary/aromatic N) is 5. The van der Waals surface area contributed by atoms with E-state index in [9.17, 15) is 0 Å². The van der Waals surface area contributed by atoms with Gasteiger partial charge >= 0.3 is 0 Å². The predicted molar refractivity (Wildman–Crippen MR) is 206 cm³/mol. The first kappa shape index (κ1) is 28.4. The number of para-hydroxylation sites is 3. The van der Waals surface area contributed by atoms with Crippen molar-refractivity contribution in [1.29, 1.82) is 0 Å². The lowest BCUT2D eigenvalue weighted by molar-refractivity contribution is 1.01. The van der Waals surface area contributed by atoms with Gasteiger partial charge in [-0.3, -0.25) is 0 Å². The molecule has 0 spiro atoms. The largest absolute Gasteiger partial charge is 0.309 e. The molecule has 0 radical (unpaired) electrons. The summed E-state index contributed by atoms with van der Waals surface area (Å²) in [6.07, 6.45) is 8.56. The molecule has 3 heterocycles. The number of hydrogen-bond donors (Lipinski definition) is 0. The topological polar surface area (TPSA) is 48.5 Å². The molecule has 0 fully saturated rings. The summed E-state index contributed by atoms with van der Waals surface area (Å²) in [6, 6.07) is 51.6. The Morgan fingerprint density at radius 3 is 1.66 bits per heavy atom. The Labute approximate surface area is 289 Å². The van der Waals surface area contributed by atoms with E-state index in [0.29, 0.717) is 17.5 Å². The van der Waals surface area contributed by atoms with Crippen molar-refractivity contribution in [2.24, 2.45) is 0 Å². The van der Waals surface area contributed by atoms with Gasteiger partial charge in [0, 0.05) is 49.6 Å². The predicted octanol–water partition coefficient (Wildman–Crippen LogP) is 11.1. The van der Waals surface area contributed by atoms with Gasteiger partial charge in [0.15, 0.2) is 17.5 Å². The molecule has 0 aliphatic heterocycles. The number of hydrogen-bond acceptors (Lipinski definition) is 3. The molecular weight excluding hydrogens is 611 g/mol. The summed E-state index contributed by atoms with van der Waals surface area (Å²) >= 11 is 0. The summed E-state index contributed by atoms with van der Waals surface area (Å²) in [5.41, 5.74) is 9.80. The van der Waals surface area contributed by atoms with Gasteiger partial charge in [0.1, 0.15) is 0 Å². The van der Waals surface area contributed by atoms with Gasteiger partial charge in [-0.1, -0.05) is 121 Å². The molecule has 1 aliphatic carbocycles. The molecule has 0 amide bonds. The number of aromatic nitrogens is 5. The molecule has 236 valence electrons. The van der Waals surface area contributed by atoms with E-state index in [2.05, 4.69) is 155 Å². The third-order valence-corrected chi connectivity index (χ3v) is 9.78. The van der Waals surface area contributed by atoms with Gasteiger partial charge in [-0.15, -0.1) is 0 Å². The summed E-state index contributed by atoms with van der Waals surface area (Å²) in [4.78, 5) is 15.1. The van der Waals surface area contributed by atoms with Crippen molar-refractivity contribution in [2.45, 2.75) is 12.8 Å². The van der Waals surface area contributed by atoms with E-state index in [-0.39, 0.29) is 0 Å². The van der Waals surface area contributed by atoms with E-state index in [1.807, 2.05) is 18.2 Å². The second kappa shape index (κ2) is 11.5. The van der Waals surface area contributed by atoms with E-state index >= 15 is 0 Å². The summed E-state index contributed by atoms with van der Waals surface area (Å²) in [5.74, 6) is 2.03. The average molecular weight is 642 g/mol. The van der Waals surface area contributed by atoms with Crippen LogP contribution in [-0.4, -0.2) is 24.1 Å². The van der Waals surface area contributed by atoms with Gasteiger partial charge in [0.25, 0.3) is 0 Å². The highest BCUT2D eigenvalue weighted by Crippen LogP contribution is 2.38. The number of benzene rings is 6. The van der Waals surface area contributed by atoms with Gasteiger partial charge in [-0.25, -0.2) is 15.0 Å². The maximum atomic E-state index is 5.07. The van der Waals surface area contributed by atoms with Gasteiger partial charge < -0.3 is 9.13 Å². The standard InChI is InChI=1S/C45H31N5/c1-4-14-30(15-5-1)43-46-44(31-16-6-2-7-17-31)48-45(47-43)32-24-26-37-38-27-25-34(29-42(38)49(41(37)28-32)33-18-8-3-9-19-33)50-39-22-12-10-20-35(39)36-21-11-13-23-40(36)50/h1,3-6,8-29H,2,7H2. The zero-order chi connectivity index (χ0) is 33.0. The van der Waals surface area contributed by atoms with E-state index in [0.717, 1.165) is 51.9 Å². The lowest BCUT2D eigenvalue weighted by Crippen LogP contribution is -2.03. The van der Waals surface area contributed by atoms with Gasteiger partial charge in [-0.2, -0.15) is 0 Å². The second-order valence-electron chi connectivity index (χ2n) is 12.8. The highest BCUT2D eigenvalue weighted by molar-refractivity contribution is 6.12. The first-order valence-corrected chi connectivity index (χ1v) is 17.1. The minimum atomic E-state index is 0.659. The van der Waals surface area contributed by atoms with Gasteiger partial charge in [-0.05, 0) is 55.3 Å². The highest BCUT2D eigenvalue weighted by atomic mass is 15.0. The molecule has 10 rings (SSSR count). The molecule has 6 aromatic carbocycles. The molecule has 5 heteroatoms. The monoisotopic (exact) mass is 641 g/mol. The normalized spacial score (nSPS) is 13.1. The lowest BCUT2D eigenvalue weighted by Gasteiger charge is -2.12. The van der Waals surface area contributed by atoms with Crippen LogP contribution in [-0.2, 0) is 0 Å². The molecule has 9 aromatic rings. The summed E-state index contributed by atoms with van der Waals surface area (Å²) in [6.45, 7) is 0. The number of fused-ring (bicyclic) bond motifs is 6. The van der Waals surface area contributed by atoms with Crippen LogP contribution >= 0.6 is 0 Å². The zero-order valence-electron chi connectivity index (χ0n) is 27.2. The maximum Gasteiger partial charge on any atom is 0.164 e. The summed E-state index contributed by atoms with van der Waals surface area (Å²) < 4.78 is 4.76. The van der Waals surface area contributed by atoms with Crippen molar-refractivity contribution in [3.05, 3.63) is 170 Å². The Morgan fingerprint density at radius 2 is 0.960 bits per heavy atom. The molecule has 0 atom stereocenters. The minimum Gasteiger partial charge on any atom is -0.309 e. The molecule has 0 saturated carbocycles. The van der Waals surface area contributed by atoms with Crippen molar-refractivity contribution in [1.82, 2.24) is 24.1 Å². The lowest BCUT2D eigenvalue weighted by atomic mass is 10.1. The SMILES string of the molecule is C1=CC(c2nc(-c3ccccc3)nc(-c3ccc4c5ccc(-n6c7ccccc7c7ccccc76)cc5n(-c5ccccc5)c4c3)n2)=CCC1. The number of rotatable bonds is 5. The summed E-state index contributed by atoms with van der Waals surface area (Å²) in [5, 5.41) is 4.88. The van der Waals surface area contributed by atoms with Crippen LogP contribution in [0.15, 0.2) is 164 Å². The molecule has 5 nitrogen and oxygen atoms in total. The van der Waals surface area contributed by atoms with Crippen LogP contribution in [0.2, 0.25) is 0 Å². The van der Waals surface area contributed by atoms with Crippen LogP contribution in [0.25, 0.3) is 83.3 Å². The third-order valence-electron chi connectivity index (χ3n) is 9.78. The van der Waals surface area contributed by atoms with Crippen LogP contribution < -0.4 is 0 Å². The smallest absolute Gasteiger partial charge is 0.164 e. The average Bonchev–Trinajstić information content (AvgIpc) is 3.71. The Bertz CT molecular complexity index is 2750. The van der Waals surface area contributed by atoms with Crippen LogP contribution in [0.3, 0.4) is 0 Å². The highest BCUT2D eigenvalue weighted by Gasteiger charge is 2.19. The molecule has 0 bridgehead atoms. The fraction of sp³-hybridized carbons (Fsp3) is 0.0444. The van der Waals surface area contributed by atoms with Crippen molar-refractivity contribution < 1.29 is 0 Å². The Balaban J connectivity index is 1.22. The van der Waals surface area contributed by atoms with Crippen molar-refractivity contribution in [3.63, 3.8) is 0 Å². The molecule has 1 aliphatic rings. The first-order valence-electron chi connectivity index (χ1n) is 17.1. The maximum absolute atomic E-state index is 5.07. The third kappa shape index (κ3) is 4.59. The quantitative estimate of drug-likeness (QED) is 0.188. The van der Waals surface area contributed by atoms with E-state index in [4.69, 9.17) is 15.0 Å². The van der Waals surface area contributed by atoms with Crippen molar-refractivity contribution >= 4 is 49.2 Å². The van der Waals surface area contributed by atoms with E-state index < -0.39 is 0 Å². The van der Waals surface area contributed by atoms with Crippen LogP contribution in [0.1, 0.15) is 18.7 Å². The molecule has 0 N–H and O–H groups in total. The Morgan fingerprint density at radius 1 is 0.400 bits per heavy atom. The zero-order valence-corrected chi connectivity index (χ0v) is 27.2. The van der Waals surface area contributed by atoms with E-state index in [1.165, 1.54) is 32.6 Å². The second-order valence-corrected chi connectivity index (χ2v) is 12.8. The first-order chi connectivity index (χ1) is 24.8. The van der Waals surface area contributed by atoms with Crippen LogP contribution in [0, 0.1) is 0 Å². The Hall–Kier alpha value is -6.59. The molecule has 0 saturated heterocycles. The van der Waals surface area contributed by atoms with Gasteiger partial charge in [0.2, 0.25) is 0 Å². The van der Waals surface area contributed by atoms with Gasteiger partial charge in [0.05, 0.1) is 22.1 Å². The van der Waals surface area contributed by atoms with Crippen molar-refractivity contribution in [2.75, 3.05) is 0 Å². The Kier molecular flexibility index (Phi) is 6.56. The summed E-state index contributed by atoms with van der Waals surface area (Å²) in [7, 11) is 0. The molecular formula is C45H31N5. The van der Waals surface area contributed by atoms with Crippen molar-refractivity contribution in [3.8, 4) is 34.2 Å². The van der Waals surface area contributed by atoms with Crippen LogP contribution in [0.4, 0.5) is 0 Å². The molecule has 0 unspecified atom stereocenters.